The van der Waals surface area contributed by atoms with E-state index in [1.54, 1.807) is 0 Å². The van der Waals surface area contributed by atoms with E-state index in [4.69, 9.17) is 5.11 Å². The van der Waals surface area contributed by atoms with Crippen molar-refractivity contribution >= 4 is 10.0 Å². The Kier molecular flexibility index (Phi) is 5.45. The van der Waals surface area contributed by atoms with Crippen LogP contribution in [0.4, 0.5) is 0 Å². The van der Waals surface area contributed by atoms with Gasteiger partial charge in [0.2, 0.25) is 10.0 Å². The Labute approximate surface area is 96.4 Å². The second-order valence-electron chi connectivity index (χ2n) is 3.56. The minimum Gasteiger partial charge on any atom is -0.396 e. The molecule has 0 bridgehead atoms. The summed E-state index contributed by atoms with van der Waals surface area (Å²) in [4.78, 5) is 0. The van der Waals surface area contributed by atoms with Gasteiger partial charge in [-0.25, -0.2) is 13.1 Å². The third-order valence-corrected chi connectivity index (χ3v) is 3.57. The maximum Gasteiger partial charge on any atom is 0.211 e. The largest absolute Gasteiger partial charge is 0.396 e. The molecule has 0 aromatic heterocycles. The van der Waals surface area contributed by atoms with Crippen LogP contribution >= 0.6 is 0 Å². The van der Waals surface area contributed by atoms with Crippen molar-refractivity contribution < 1.29 is 13.5 Å². The molecule has 4 nitrogen and oxygen atoms in total. The lowest BCUT2D eigenvalue weighted by atomic mass is 10.2. The zero-order chi connectivity index (χ0) is 11.9. The minimum absolute atomic E-state index is 0.0359. The van der Waals surface area contributed by atoms with E-state index >= 15 is 0 Å². The molecule has 0 fully saturated rings. The van der Waals surface area contributed by atoms with Gasteiger partial charge in [-0.3, -0.25) is 0 Å². The van der Waals surface area contributed by atoms with Crippen molar-refractivity contribution in [1.82, 2.24) is 4.72 Å². The first-order chi connectivity index (χ1) is 7.64. The van der Waals surface area contributed by atoms with E-state index in [-0.39, 0.29) is 12.4 Å². The third-order valence-electron chi connectivity index (χ3n) is 2.16. The Hall–Kier alpha value is -0.910. The van der Waals surface area contributed by atoms with Gasteiger partial charge in [0.25, 0.3) is 0 Å². The highest BCUT2D eigenvalue weighted by atomic mass is 32.2. The molecule has 0 saturated heterocycles. The molecule has 1 aromatic rings. The van der Waals surface area contributed by atoms with Gasteiger partial charge in [-0.1, -0.05) is 30.3 Å². The molecule has 5 heteroatoms. The molecule has 90 valence electrons. The number of hydrogen-bond donors (Lipinski definition) is 2. The van der Waals surface area contributed by atoms with E-state index in [1.165, 1.54) is 0 Å². The third kappa shape index (κ3) is 5.25. The fourth-order valence-corrected chi connectivity index (χ4v) is 2.38. The van der Waals surface area contributed by atoms with Crippen LogP contribution in [0.5, 0.6) is 0 Å². The van der Waals surface area contributed by atoms with Gasteiger partial charge in [-0.2, -0.15) is 0 Å². The Morgan fingerprint density at radius 3 is 2.44 bits per heavy atom. The molecular formula is C11H17NO3S. The number of aliphatic hydroxyl groups is 1. The summed E-state index contributed by atoms with van der Waals surface area (Å²) in [7, 11) is -3.21. The molecule has 0 unspecified atom stereocenters. The highest BCUT2D eigenvalue weighted by Gasteiger charge is 2.08. The topological polar surface area (TPSA) is 66.4 Å². The molecule has 0 spiro atoms. The van der Waals surface area contributed by atoms with Gasteiger partial charge in [0.15, 0.2) is 0 Å². The van der Waals surface area contributed by atoms with Gasteiger partial charge in [-0.15, -0.1) is 0 Å². The Morgan fingerprint density at radius 2 is 1.81 bits per heavy atom. The van der Waals surface area contributed by atoms with Crippen LogP contribution in [0.3, 0.4) is 0 Å². The maximum atomic E-state index is 11.5. The molecule has 0 atom stereocenters. The van der Waals surface area contributed by atoms with Crippen LogP contribution < -0.4 is 4.72 Å². The van der Waals surface area contributed by atoms with Gasteiger partial charge >= 0.3 is 0 Å². The van der Waals surface area contributed by atoms with Crippen molar-refractivity contribution in [3.63, 3.8) is 0 Å². The highest BCUT2D eigenvalue weighted by molar-refractivity contribution is 7.89. The van der Waals surface area contributed by atoms with Crippen molar-refractivity contribution in [2.45, 2.75) is 19.4 Å². The number of aliphatic hydroxyl groups excluding tert-OH is 1. The Bertz CT molecular complexity index is 389. The average Bonchev–Trinajstić information content (AvgIpc) is 2.28. The fourth-order valence-electron chi connectivity index (χ4n) is 1.27. The molecule has 1 aromatic carbocycles. The predicted molar refractivity (Wildman–Crippen MR) is 63.4 cm³/mol. The smallest absolute Gasteiger partial charge is 0.211 e. The standard InChI is InChI=1S/C11H17NO3S/c13-8-4-5-9-16(14,15)12-10-11-6-2-1-3-7-11/h1-3,6-7,12-13H,4-5,8-10H2. The molecular weight excluding hydrogens is 226 g/mol. The summed E-state index contributed by atoms with van der Waals surface area (Å²) in [6.45, 7) is 0.358. The van der Waals surface area contributed by atoms with Crippen molar-refractivity contribution in [2.75, 3.05) is 12.4 Å². The lowest BCUT2D eigenvalue weighted by Crippen LogP contribution is -2.26. The minimum atomic E-state index is -3.21. The van der Waals surface area contributed by atoms with E-state index in [0.717, 1.165) is 5.56 Å². The second kappa shape index (κ2) is 6.62. The van der Waals surface area contributed by atoms with Crippen LogP contribution in [0.1, 0.15) is 18.4 Å². The lowest BCUT2D eigenvalue weighted by molar-refractivity contribution is 0.287. The first-order valence-corrected chi connectivity index (χ1v) is 6.91. The molecule has 1 rings (SSSR count). The Morgan fingerprint density at radius 1 is 1.12 bits per heavy atom. The normalized spacial score (nSPS) is 11.6. The van der Waals surface area contributed by atoms with Crippen molar-refractivity contribution in [3.05, 3.63) is 35.9 Å². The lowest BCUT2D eigenvalue weighted by Gasteiger charge is -2.06. The summed E-state index contributed by atoms with van der Waals surface area (Å²) in [6, 6.07) is 9.37. The SMILES string of the molecule is O=S(=O)(CCCCO)NCc1ccccc1. The molecule has 2 N–H and O–H groups in total. The zero-order valence-electron chi connectivity index (χ0n) is 9.09. The van der Waals surface area contributed by atoms with E-state index in [1.807, 2.05) is 30.3 Å². The molecule has 0 amide bonds. The summed E-state index contributed by atoms with van der Waals surface area (Å²) in [5.74, 6) is 0.0698. The van der Waals surface area contributed by atoms with E-state index in [0.29, 0.717) is 19.4 Å². The van der Waals surface area contributed by atoms with Gasteiger partial charge < -0.3 is 5.11 Å². The first kappa shape index (κ1) is 13.2. The van der Waals surface area contributed by atoms with Gasteiger partial charge in [-0.05, 0) is 18.4 Å². The van der Waals surface area contributed by atoms with Gasteiger partial charge in [0, 0.05) is 13.2 Å². The summed E-state index contributed by atoms with van der Waals surface area (Å²) >= 11 is 0. The zero-order valence-corrected chi connectivity index (χ0v) is 9.91. The highest BCUT2D eigenvalue weighted by Crippen LogP contribution is 2.00. The van der Waals surface area contributed by atoms with Crippen LogP contribution in [-0.2, 0) is 16.6 Å². The van der Waals surface area contributed by atoms with E-state index in [2.05, 4.69) is 4.72 Å². The van der Waals surface area contributed by atoms with Crippen LogP contribution in [-0.4, -0.2) is 25.9 Å². The van der Waals surface area contributed by atoms with Gasteiger partial charge in [0.05, 0.1) is 5.75 Å². The second-order valence-corrected chi connectivity index (χ2v) is 5.48. The first-order valence-electron chi connectivity index (χ1n) is 5.26. The maximum absolute atomic E-state index is 11.5. The number of rotatable bonds is 7. The van der Waals surface area contributed by atoms with Crippen molar-refractivity contribution in [3.8, 4) is 0 Å². The average molecular weight is 243 g/mol. The molecule has 0 heterocycles. The molecule has 0 aliphatic carbocycles. The Balaban J connectivity index is 2.36. The van der Waals surface area contributed by atoms with Crippen molar-refractivity contribution in [1.29, 1.82) is 0 Å². The summed E-state index contributed by atoms with van der Waals surface area (Å²) in [5.41, 5.74) is 0.938. The number of hydrogen-bond acceptors (Lipinski definition) is 3. The summed E-state index contributed by atoms with van der Waals surface area (Å²) in [5, 5.41) is 8.56. The van der Waals surface area contributed by atoms with E-state index in [9.17, 15) is 8.42 Å². The van der Waals surface area contributed by atoms with Gasteiger partial charge in [0.1, 0.15) is 0 Å². The molecule has 16 heavy (non-hydrogen) atoms. The number of benzene rings is 1. The summed E-state index contributed by atoms with van der Waals surface area (Å²) < 4.78 is 25.5. The fraction of sp³-hybridized carbons (Fsp3) is 0.455. The van der Waals surface area contributed by atoms with E-state index < -0.39 is 10.0 Å². The number of sulfonamides is 1. The molecule has 0 aliphatic heterocycles. The molecule has 0 radical (unpaired) electrons. The van der Waals surface area contributed by atoms with Crippen LogP contribution in [0.2, 0.25) is 0 Å². The van der Waals surface area contributed by atoms with Crippen LogP contribution in [0.15, 0.2) is 30.3 Å². The number of unbranched alkanes of at least 4 members (excludes halogenated alkanes) is 1. The predicted octanol–water partition coefficient (Wildman–Crippen LogP) is 0.878. The monoisotopic (exact) mass is 243 g/mol. The number of nitrogens with one attached hydrogen (secondary N) is 1. The molecule has 0 aliphatic rings. The quantitative estimate of drug-likeness (QED) is 0.699. The summed E-state index contributed by atoms with van der Waals surface area (Å²) in [6.07, 6.45) is 1.01. The van der Waals surface area contributed by atoms with Crippen molar-refractivity contribution in [2.24, 2.45) is 0 Å². The molecule has 0 saturated carbocycles. The van der Waals surface area contributed by atoms with Crippen LogP contribution in [0.25, 0.3) is 0 Å². The van der Waals surface area contributed by atoms with Crippen LogP contribution in [0, 0.1) is 0 Å².